The molecule has 0 fully saturated rings. The van der Waals surface area contributed by atoms with Gasteiger partial charge in [-0.1, -0.05) is 53.7 Å². The van der Waals surface area contributed by atoms with Crippen molar-refractivity contribution in [1.29, 1.82) is 0 Å². The lowest BCUT2D eigenvalue weighted by Gasteiger charge is -2.26. The molecule has 0 aromatic heterocycles. The number of rotatable bonds is 4. The summed E-state index contributed by atoms with van der Waals surface area (Å²) in [5.74, 6) is 0.572. The monoisotopic (exact) mass is 408 g/mol. The smallest absolute Gasteiger partial charge is 0.262 e. The molecule has 2 aromatic rings. The number of fused-ring (bicyclic) bond motifs is 1. The zero-order valence-corrected chi connectivity index (χ0v) is 18.8. The van der Waals surface area contributed by atoms with Crippen molar-refractivity contribution in [2.75, 3.05) is 23.4 Å². The van der Waals surface area contributed by atoms with Gasteiger partial charge in [0.1, 0.15) is 5.75 Å². The summed E-state index contributed by atoms with van der Waals surface area (Å²) in [7, 11) is 0. The summed E-state index contributed by atoms with van der Waals surface area (Å²) in [5.41, 5.74) is 3.60. The highest BCUT2D eigenvalue weighted by Crippen LogP contribution is 2.33. The molecule has 0 saturated carbocycles. The largest absolute Gasteiger partial charge is 0.484 e. The Labute approximate surface area is 179 Å². The number of anilines is 2. The average Bonchev–Trinajstić information content (AvgIpc) is 3.07. The Kier molecular flexibility index (Phi) is 5.93. The van der Waals surface area contributed by atoms with E-state index in [2.05, 4.69) is 26.1 Å². The Balaban J connectivity index is 1.58. The number of nitrogens with one attached hydrogen (secondary N) is 1. The van der Waals surface area contributed by atoms with Gasteiger partial charge in [-0.05, 0) is 53.3 Å². The molecule has 0 bridgehead atoms. The molecule has 3 rings (SSSR count). The predicted molar refractivity (Wildman–Crippen MR) is 121 cm³/mol. The van der Waals surface area contributed by atoms with Crippen LogP contribution < -0.4 is 15.0 Å². The third-order valence-corrected chi connectivity index (χ3v) is 5.24. The molecule has 2 amide bonds. The zero-order valence-electron chi connectivity index (χ0n) is 18.8. The molecule has 1 aliphatic heterocycles. The fraction of sp³-hybridized carbons (Fsp3) is 0.440. The third-order valence-electron chi connectivity index (χ3n) is 5.24. The van der Waals surface area contributed by atoms with Crippen LogP contribution in [-0.2, 0) is 21.4 Å². The molecule has 1 heterocycles. The third kappa shape index (κ3) is 5.02. The molecule has 0 saturated heterocycles. The van der Waals surface area contributed by atoms with Gasteiger partial charge < -0.3 is 15.0 Å². The molecule has 5 nitrogen and oxygen atoms in total. The lowest BCUT2D eigenvalue weighted by atomic mass is 9.87. The Bertz CT molecular complexity index is 934. The highest BCUT2D eigenvalue weighted by atomic mass is 16.5. The van der Waals surface area contributed by atoms with E-state index < -0.39 is 5.41 Å². The first-order valence-electron chi connectivity index (χ1n) is 10.4. The summed E-state index contributed by atoms with van der Waals surface area (Å²) in [6.07, 6.45) is 0.789. The van der Waals surface area contributed by atoms with Gasteiger partial charge in [-0.25, -0.2) is 0 Å². The summed E-state index contributed by atoms with van der Waals surface area (Å²) < 4.78 is 5.62. The van der Waals surface area contributed by atoms with Crippen LogP contribution in [-0.4, -0.2) is 25.0 Å². The van der Waals surface area contributed by atoms with E-state index in [1.54, 1.807) is 0 Å². The molecule has 160 valence electrons. The van der Waals surface area contributed by atoms with Gasteiger partial charge in [-0.15, -0.1) is 0 Å². The van der Waals surface area contributed by atoms with E-state index in [0.29, 0.717) is 12.3 Å². The Hall–Kier alpha value is -2.82. The minimum Gasteiger partial charge on any atom is -0.484 e. The van der Waals surface area contributed by atoms with Crippen molar-refractivity contribution < 1.29 is 14.3 Å². The maximum Gasteiger partial charge on any atom is 0.262 e. The van der Waals surface area contributed by atoms with Crippen LogP contribution in [0.2, 0.25) is 0 Å². The van der Waals surface area contributed by atoms with Crippen LogP contribution in [0.4, 0.5) is 11.4 Å². The molecule has 1 N–H and O–H groups in total. The van der Waals surface area contributed by atoms with Gasteiger partial charge in [-0.3, -0.25) is 9.59 Å². The van der Waals surface area contributed by atoms with Crippen molar-refractivity contribution in [3.05, 3.63) is 53.6 Å². The molecule has 0 spiro atoms. The number of hydrogen-bond donors (Lipinski definition) is 1. The quantitative estimate of drug-likeness (QED) is 0.780. The van der Waals surface area contributed by atoms with Gasteiger partial charge >= 0.3 is 0 Å². The topological polar surface area (TPSA) is 58.6 Å². The number of amides is 2. The van der Waals surface area contributed by atoms with Gasteiger partial charge in [0, 0.05) is 23.3 Å². The molecule has 0 atom stereocenters. The van der Waals surface area contributed by atoms with Crippen LogP contribution in [0, 0.1) is 5.41 Å². The van der Waals surface area contributed by atoms with Crippen LogP contribution in [0.5, 0.6) is 5.75 Å². The maximum atomic E-state index is 12.6. The van der Waals surface area contributed by atoms with E-state index in [4.69, 9.17) is 4.74 Å². The highest BCUT2D eigenvalue weighted by Gasteiger charge is 2.32. The second-order valence-corrected chi connectivity index (χ2v) is 9.91. The predicted octanol–water partition coefficient (Wildman–Crippen LogP) is 4.94. The summed E-state index contributed by atoms with van der Waals surface area (Å²) in [6, 6.07) is 13.5. The van der Waals surface area contributed by atoms with E-state index in [1.165, 1.54) is 5.56 Å². The second kappa shape index (κ2) is 8.13. The van der Waals surface area contributed by atoms with Gasteiger partial charge in [0.15, 0.2) is 6.61 Å². The van der Waals surface area contributed by atoms with Crippen molar-refractivity contribution >= 4 is 23.2 Å². The van der Waals surface area contributed by atoms with Gasteiger partial charge in [0.2, 0.25) is 5.91 Å². The van der Waals surface area contributed by atoms with Gasteiger partial charge in [-0.2, -0.15) is 0 Å². The van der Waals surface area contributed by atoms with Crippen molar-refractivity contribution in [3.8, 4) is 5.75 Å². The SMILES string of the molecule is CC(C)(C)C(=O)N1CCc2cc(NC(=O)COc3ccc(C(C)(C)C)cc3)ccc21. The number of nitrogens with zero attached hydrogens (tertiary/aromatic N) is 1. The molecule has 5 heteroatoms. The lowest BCUT2D eigenvalue weighted by molar-refractivity contribution is -0.125. The van der Waals surface area contributed by atoms with Crippen molar-refractivity contribution in [2.24, 2.45) is 5.41 Å². The van der Waals surface area contributed by atoms with Crippen molar-refractivity contribution in [2.45, 2.75) is 53.4 Å². The van der Waals surface area contributed by atoms with E-state index >= 15 is 0 Å². The van der Waals surface area contributed by atoms with E-state index in [-0.39, 0.29) is 23.8 Å². The number of carbonyl (C=O) groups excluding carboxylic acids is 2. The molecule has 2 aromatic carbocycles. The minimum atomic E-state index is -0.420. The fourth-order valence-corrected chi connectivity index (χ4v) is 3.49. The van der Waals surface area contributed by atoms with Crippen LogP contribution in [0.15, 0.2) is 42.5 Å². The molecule has 0 unspecified atom stereocenters. The number of ether oxygens (including phenoxy) is 1. The molecule has 0 radical (unpaired) electrons. The Morgan fingerprint density at radius 1 is 1.00 bits per heavy atom. The summed E-state index contributed by atoms with van der Waals surface area (Å²) in [5, 5.41) is 2.88. The van der Waals surface area contributed by atoms with Crippen LogP contribution in [0.1, 0.15) is 52.7 Å². The van der Waals surface area contributed by atoms with Crippen LogP contribution >= 0.6 is 0 Å². The first-order valence-corrected chi connectivity index (χ1v) is 10.4. The maximum absolute atomic E-state index is 12.6. The first-order chi connectivity index (χ1) is 13.9. The van der Waals surface area contributed by atoms with E-state index in [0.717, 1.165) is 23.4 Å². The van der Waals surface area contributed by atoms with Crippen molar-refractivity contribution in [3.63, 3.8) is 0 Å². The van der Waals surface area contributed by atoms with Gasteiger partial charge in [0.05, 0.1) is 0 Å². The Morgan fingerprint density at radius 2 is 1.67 bits per heavy atom. The second-order valence-electron chi connectivity index (χ2n) is 9.91. The highest BCUT2D eigenvalue weighted by molar-refractivity contribution is 5.99. The van der Waals surface area contributed by atoms with Crippen molar-refractivity contribution in [1.82, 2.24) is 0 Å². The molecular weight excluding hydrogens is 376 g/mol. The Morgan fingerprint density at radius 3 is 2.27 bits per heavy atom. The minimum absolute atomic E-state index is 0.0550. The summed E-state index contributed by atoms with van der Waals surface area (Å²) in [6.45, 7) is 12.9. The standard InChI is InChI=1S/C25H32N2O3/c1-24(2,3)18-7-10-20(11-8-18)30-16-22(28)26-19-9-12-21-17(15-19)13-14-27(21)23(29)25(4,5)6/h7-12,15H,13-14,16H2,1-6H3,(H,26,28). The summed E-state index contributed by atoms with van der Waals surface area (Å²) in [4.78, 5) is 26.8. The first kappa shape index (κ1) is 21.9. The zero-order chi connectivity index (χ0) is 22.1. The lowest BCUT2D eigenvalue weighted by Crippen LogP contribution is -2.38. The van der Waals surface area contributed by atoms with E-state index in [1.807, 2.05) is 68.1 Å². The van der Waals surface area contributed by atoms with Gasteiger partial charge in [0.25, 0.3) is 5.91 Å². The summed E-state index contributed by atoms with van der Waals surface area (Å²) >= 11 is 0. The molecule has 30 heavy (non-hydrogen) atoms. The molecular formula is C25H32N2O3. The fourth-order valence-electron chi connectivity index (χ4n) is 3.49. The average molecular weight is 409 g/mol. The van der Waals surface area contributed by atoms with E-state index in [9.17, 15) is 9.59 Å². The number of carbonyl (C=O) groups is 2. The number of hydrogen-bond acceptors (Lipinski definition) is 3. The molecule has 0 aliphatic carbocycles. The van der Waals surface area contributed by atoms with Crippen LogP contribution in [0.3, 0.4) is 0 Å². The normalized spacial score (nSPS) is 13.7. The molecule has 1 aliphatic rings. The number of benzene rings is 2. The van der Waals surface area contributed by atoms with Crippen LogP contribution in [0.25, 0.3) is 0 Å².